The van der Waals surface area contributed by atoms with Gasteiger partial charge in [-0.25, -0.2) is 4.98 Å². The van der Waals surface area contributed by atoms with Gasteiger partial charge in [0, 0.05) is 13.0 Å². The summed E-state index contributed by atoms with van der Waals surface area (Å²) in [4.78, 5) is 41.9. The number of aromatic nitrogens is 1. The molecule has 2 aromatic rings. The van der Waals surface area contributed by atoms with Crippen molar-refractivity contribution in [1.29, 1.82) is 0 Å². The van der Waals surface area contributed by atoms with E-state index >= 15 is 0 Å². The van der Waals surface area contributed by atoms with Crippen molar-refractivity contribution in [2.75, 3.05) is 23.9 Å². The van der Waals surface area contributed by atoms with Crippen molar-refractivity contribution < 1.29 is 23.9 Å². The van der Waals surface area contributed by atoms with Crippen molar-refractivity contribution in [3.63, 3.8) is 0 Å². The summed E-state index contributed by atoms with van der Waals surface area (Å²) in [6.45, 7) is 1.90. The number of hydrogen-bond donors (Lipinski definition) is 1. The van der Waals surface area contributed by atoms with E-state index in [-0.39, 0.29) is 31.2 Å². The monoisotopic (exact) mass is 383 g/mol. The zero-order chi connectivity index (χ0) is 20.1. The Balaban J connectivity index is 1.62. The highest BCUT2D eigenvalue weighted by atomic mass is 16.5. The fourth-order valence-corrected chi connectivity index (χ4v) is 2.88. The zero-order valence-corrected chi connectivity index (χ0v) is 15.7. The average Bonchev–Trinajstić information content (AvgIpc) is 2.68. The molecule has 3 rings (SSSR count). The van der Waals surface area contributed by atoms with Gasteiger partial charge in [-0.2, -0.15) is 0 Å². The number of fused-ring (bicyclic) bond motifs is 1. The first-order valence-electron chi connectivity index (χ1n) is 8.87. The van der Waals surface area contributed by atoms with E-state index in [1.54, 1.807) is 42.2 Å². The zero-order valence-electron chi connectivity index (χ0n) is 15.7. The van der Waals surface area contributed by atoms with Crippen molar-refractivity contribution in [3.8, 4) is 5.75 Å². The van der Waals surface area contributed by atoms with Gasteiger partial charge in [0.1, 0.15) is 11.6 Å². The molecular weight excluding hydrogens is 362 g/mol. The summed E-state index contributed by atoms with van der Waals surface area (Å²) in [6.07, 6.45) is -0.484. The molecule has 1 aliphatic rings. The largest absolute Gasteiger partial charge is 0.479 e. The molecule has 0 saturated carbocycles. The summed E-state index contributed by atoms with van der Waals surface area (Å²) in [5.74, 6) is 0.0760. The first-order valence-corrected chi connectivity index (χ1v) is 8.87. The maximum absolute atomic E-state index is 12.4. The Hall–Kier alpha value is -3.42. The van der Waals surface area contributed by atoms with E-state index in [4.69, 9.17) is 4.74 Å². The van der Waals surface area contributed by atoms with Crippen molar-refractivity contribution in [2.24, 2.45) is 0 Å². The first-order chi connectivity index (χ1) is 13.5. The van der Waals surface area contributed by atoms with Gasteiger partial charge in [0.2, 0.25) is 5.91 Å². The summed E-state index contributed by atoms with van der Waals surface area (Å²) in [5, 5.41) is 2.69. The molecule has 0 radical (unpaired) electrons. The lowest BCUT2D eigenvalue weighted by atomic mass is 10.1. The van der Waals surface area contributed by atoms with Gasteiger partial charge in [-0.05, 0) is 31.2 Å². The molecule has 1 aliphatic heterocycles. The number of methoxy groups -OCH3 is 1. The van der Waals surface area contributed by atoms with E-state index in [0.717, 1.165) is 0 Å². The molecule has 28 heavy (non-hydrogen) atoms. The number of rotatable bonds is 6. The van der Waals surface area contributed by atoms with E-state index in [2.05, 4.69) is 15.0 Å². The van der Waals surface area contributed by atoms with E-state index in [1.807, 2.05) is 12.1 Å². The molecule has 0 fully saturated rings. The minimum atomic E-state index is -0.602. The number of nitrogens with one attached hydrogen (secondary N) is 1. The van der Waals surface area contributed by atoms with Crippen LogP contribution in [0.5, 0.6) is 5.75 Å². The molecule has 1 atom stereocenters. The predicted molar refractivity (Wildman–Crippen MR) is 102 cm³/mol. The van der Waals surface area contributed by atoms with Crippen LogP contribution in [0.15, 0.2) is 42.5 Å². The Morgan fingerprint density at radius 1 is 1.21 bits per heavy atom. The van der Waals surface area contributed by atoms with E-state index < -0.39 is 12.1 Å². The third kappa shape index (κ3) is 4.46. The van der Waals surface area contributed by atoms with Crippen LogP contribution >= 0.6 is 0 Å². The molecule has 1 aromatic heterocycles. The number of carbonyl (C=O) groups excluding carboxylic acids is 3. The number of pyridine rings is 1. The van der Waals surface area contributed by atoms with Gasteiger partial charge < -0.3 is 19.7 Å². The smallest absolute Gasteiger partial charge is 0.311 e. The summed E-state index contributed by atoms with van der Waals surface area (Å²) in [7, 11) is 1.31. The van der Waals surface area contributed by atoms with Crippen LogP contribution in [-0.4, -0.2) is 42.5 Å². The quantitative estimate of drug-likeness (QED) is 0.766. The molecule has 0 aliphatic carbocycles. The molecule has 1 aromatic carbocycles. The fraction of sp³-hybridized carbons (Fsp3) is 0.300. The van der Waals surface area contributed by atoms with Crippen LogP contribution in [0.4, 0.5) is 11.5 Å². The van der Waals surface area contributed by atoms with Crippen LogP contribution in [0.3, 0.4) is 0 Å². The number of hydrogen-bond acceptors (Lipinski definition) is 6. The van der Waals surface area contributed by atoms with E-state index in [9.17, 15) is 14.4 Å². The van der Waals surface area contributed by atoms with E-state index in [0.29, 0.717) is 22.9 Å². The van der Waals surface area contributed by atoms with Crippen LogP contribution in [0.2, 0.25) is 0 Å². The van der Waals surface area contributed by atoms with Crippen molar-refractivity contribution in [3.05, 3.63) is 48.2 Å². The van der Waals surface area contributed by atoms with Gasteiger partial charge in [-0.1, -0.05) is 18.2 Å². The number of anilines is 2. The minimum Gasteiger partial charge on any atom is -0.479 e. The number of ether oxygens (including phenoxy) is 2. The van der Waals surface area contributed by atoms with Crippen LogP contribution in [0.1, 0.15) is 19.0 Å². The average molecular weight is 383 g/mol. The van der Waals surface area contributed by atoms with Crippen molar-refractivity contribution >= 4 is 29.3 Å². The van der Waals surface area contributed by atoms with Gasteiger partial charge >= 0.3 is 5.97 Å². The number of amides is 2. The number of nitrogens with zero attached hydrogens (tertiary/aromatic N) is 2. The SMILES string of the molecule is COC(=O)Cc1cccc(NC(=O)CCN2C(=O)[C@@H](C)Oc3ccccc32)n1. The highest BCUT2D eigenvalue weighted by molar-refractivity contribution is 6.00. The van der Waals surface area contributed by atoms with Gasteiger partial charge in [0.25, 0.3) is 5.91 Å². The lowest BCUT2D eigenvalue weighted by molar-refractivity contribution is -0.139. The lowest BCUT2D eigenvalue weighted by Crippen LogP contribution is -2.45. The molecular formula is C20H21N3O5. The topological polar surface area (TPSA) is 97.8 Å². The Morgan fingerprint density at radius 2 is 2.00 bits per heavy atom. The van der Waals surface area contributed by atoms with Gasteiger partial charge in [0.15, 0.2) is 6.10 Å². The molecule has 0 bridgehead atoms. The summed E-state index contributed by atoms with van der Waals surface area (Å²) in [5.41, 5.74) is 1.15. The molecule has 1 N–H and O–H groups in total. The Kier molecular flexibility index (Phi) is 5.88. The van der Waals surface area contributed by atoms with Crippen LogP contribution in [0, 0.1) is 0 Å². The highest BCUT2D eigenvalue weighted by Crippen LogP contribution is 2.33. The van der Waals surface area contributed by atoms with Crippen LogP contribution < -0.4 is 15.0 Å². The lowest BCUT2D eigenvalue weighted by Gasteiger charge is -2.32. The third-order valence-electron chi connectivity index (χ3n) is 4.26. The number of esters is 1. The molecule has 0 unspecified atom stereocenters. The molecule has 2 amide bonds. The van der Waals surface area contributed by atoms with E-state index in [1.165, 1.54) is 7.11 Å². The minimum absolute atomic E-state index is 0.0250. The van der Waals surface area contributed by atoms with Crippen LogP contribution in [-0.2, 0) is 25.5 Å². The molecule has 0 saturated heterocycles. The molecule has 0 spiro atoms. The Bertz CT molecular complexity index is 899. The maximum Gasteiger partial charge on any atom is 0.311 e. The second kappa shape index (κ2) is 8.51. The maximum atomic E-state index is 12.4. The predicted octanol–water partition coefficient (Wildman–Crippen LogP) is 1.94. The Morgan fingerprint density at radius 3 is 2.79 bits per heavy atom. The van der Waals surface area contributed by atoms with Gasteiger partial charge in [-0.15, -0.1) is 0 Å². The normalized spacial score (nSPS) is 15.4. The summed E-state index contributed by atoms with van der Waals surface area (Å²) >= 11 is 0. The van der Waals surface area contributed by atoms with Gasteiger partial charge in [-0.3, -0.25) is 14.4 Å². The third-order valence-corrected chi connectivity index (χ3v) is 4.26. The first kappa shape index (κ1) is 19.3. The van der Waals surface area contributed by atoms with Crippen LogP contribution in [0.25, 0.3) is 0 Å². The second-order valence-electron chi connectivity index (χ2n) is 6.28. The second-order valence-corrected chi connectivity index (χ2v) is 6.28. The summed E-state index contributed by atoms with van der Waals surface area (Å²) in [6, 6.07) is 12.2. The molecule has 8 nitrogen and oxygen atoms in total. The van der Waals surface area contributed by atoms with Crippen molar-refractivity contribution in [1.82, 2.24) is 4.98 Å². The molecule has 146 valence electrons. The molecule has 8 heteroatoms. The molecule has 2 heterocycles. The Labute approximate surface area is 162 Å². The number of para-hydroxylation sites is 2. The standard InChI is InChI=1S/C20H21N3O5/c1-13-20(26)23(15-7-3-4-8-16(15)28-13)11-10-18(24)22-17-9-5-6-14(21-17)12-19(25)27-2/h3-9,13H,10-12H2,1-2H3,(H,21,22,24)/t13-/m1/s1. The fourth-order valence-electron chi connectivity index (χ4n) is 2.88. The number of carbonyl (C=O) groups is 3. The van der Waals surface area contributed by atoms with Gasteiger partial charge in [0.05, 0.1) is 24.9 Å². The van der Waals surface area contributed by atoms with Crippen molar-refractivity contribution in [2.45, 2.75) is 25.9 Å². The summed E-state index contributed by atoms with van der Waals surface area (Å²) < 4.78 is 10.2. The number of benzene rings is 1. The highest BCUT2D eigenvalue weighted by Gasteiger charge is 2.31.